The molecule has 0 aromatic rings. The van der Waals surface area contributed by atoms with Crippen LogP contribution in [0.25, 0.3) is 0 Å². The molecule has 142 valence electrons. The minimum Gasteiger partial charge on any atom is -0.455 e. The Morgan fingerprint density at radius 2 is 1.42 bits per heavy atom. The number of aliphatic hydroxyl groups is 2. The van der Waals surface area contributed by atoms with E-state index in [0.29, 0.717) is 6.42 Å². The molecule has 0 aromatic heterocycles. The predicted octanol–water partition coefficient (Wildman–Crippen LogP) is 2.45. The highest BCUT2D eigenvalue weighted by Gasteiger charge is 2.38. The lowest BCUT2D eigenvalue weighted by Gasteiger charge is -2.32. The van der Waals surface area contributed by atoms with Gasteiger partial charge in [0.25, 0.3) is 0 Å². The molecule has 3 atom stereocenters. The molecule has 0 aliphatic carbocycles. The molecule has 0 aliphatic rings. The molecule has 24 heavy (non-hydrogen) atoms. The van der Waals surface area contributed by atoms with Crippen molar-refractivity contribution in [1.29, 1.82) is 0 Å². The van der Waals surface area contributed by atoms with Crippen molar-refractivity contribution in [3.8, 4) is 0 Å². The molecular weight excluding hydrogens is 312 g/mol. The molecule has 0 radical (unpaired) electrons. The average Bonchev–Trinajstić information content (AvgIpc) is 2.45. The van der Waals surface area contributed by atoms with Crippen molar-refractivity contribution in [2.45, 2.75) is 86.0 Å². The number of unbranched alkanes of at least 4 members (excludes halogenated alkanes) is 1. The third kappa shape index (κ3) is 7.62. The number of carbonyl (C=O) groups is 2. The summed E-state index contributed by atoms with van der Waals surface area (Å²) in [5.41, 5.74) is -1.53. The summed E-state index contributed by atoms with van der Waals surface area (Å²) in [5.74, 6) is -1.05. The van der Waals surface area contributed by atoms with Crippen molar-refractivity contribution in [2.75, 3.05) is 6.61 Å². The van der Waals surface area contributed by atoms with Crippen molar-refractivity contribution in [3.05, 3.63) is 0 Å². The quantitative estimate of drug-likeness (QED) is 0.656. The van der Waals surface area contributed by atoms with Crippen LogP contribution in [0.3, 0.4) is 0 Å². The maximum Gasteiger partial charge on any atom is 0.311 e. The van der Waals surface area contributed by atoms with Gasteiger partial charge in [-0.3, -0.25) is 9.59 Å². The number of esters is 2. The highest BCUT2D eigenvalue weighted by molar-refractivity contribution is 5.76. The predicted molar refractivity (Wildman–Crippen MR) is 91.3 cm³/mol. The Balaban J connectivity index is 5.31. The first-order valence-electron chi connectivity index (χ1n) is 8.55. The van der Waals surface area contributed by atoms with Gasteiger partial charge in [0.1, 0.15) is 0 Å². The molecule has 0 unspecified atom stereocenters. The van der Waals surface area contributed by atoms with Gasteiger partial charge in [-0.25, -0.2) is 0 Å². The van der Waals surface area contributed by atoms with Crippen LogP contribution in [0.4, 0.5) is 0 Å². The molecule has 2 N–H and O–H groups in total. The Morgan fingerprint density at radius 1 is 0.958 bits per heavy atom. The molecule has 0 fully saturated rings. The van der Waals surface area contributed by atoms with E-state index in [1.807, 2.05) is 6.92 Å². The lowest BCUT2D eigenvalue weighted by molar-refractivity contribution is -0.191. The lowest BCUT2D eigenvalue weighted by atomic mass is 9.95. The fourth-order valence-corrected chi connectivity index (χ4v) is 1.80. The Morgan fingerprint density at radius 3 is 1.79 bits per heavy atom. The van der Waals surface area contributed by atoms with Crippen molar-refractivity contribution >= 4 is 11.9 Å². The van der Waals surface area contributed by atoms with E-state index in [1.54, 1.807) is 41.5 Å². The van der Waals surface area contributed by atoms with Crippen molar-refractivity contribution in [2.24, 2.45) is 10.8 Å². The molecule has 6 nitrogen and oxygen atoms in total. The zero-order valence-electron chi connectivity index (χ0n) is 16.1. The normalized spacial score (nSPS) is 16.2. The second-order valence-electron chi connectivity index (χ2n) is 8.21. The van der Waals surface area contributed by atoms with E-state index in [2.05, 4.69) is 0 Å². The van der Waals surface area contributed by atoms with Crippen molar-refractivity contribution in [3.63, 3.8) is 0 Å². The number of ether oxygens (including phenoxy) is 2. The molecule has 6 heteroatoms. The highest BCUT2D eigenvalue weighted by atomic mass is 16.6. The van der Waals surface area contributed by atoms with Gasteiger partial charge in [0, 0.05) is 0 Å². The summed E-state index contributed by atoms with van der Waals surface area (Å²) in [6.07, 6.45) is -1.23. The fraction of sp³-hybridized carbons (Fsp3) is 0.889. The van der Waals surface area contributed by atoms with Gasteiger partial charge >= 0.3 is 11.9 Å². The molecule has 0 aromatic carbocycles. The molecule has 0 heterocycles. The molecule has 0 aliphatic heterocycles. The topological polar surface area (TPSA) is 93.1 Å². The van der Waals surface area contributed by atoms with Gasteiger partial charge in [0.2, 0.25) is 0 Å². The Labute approximate surface area is 145 Å². The summed E-state index contributed by atoms with van der Waals surface area (Å²) in [6.45, 7) is 11.6. The van der Waals surface area contributed by atoms with Crippen molar-refractivity contribution in [1.82, 2.24) is 0 Å². The number of hydrogen-bond acceptors (Lipinski definition) is 6. The molecule has 0 spiro atoms. The first-order valence-corrected chi connectivity index (χ1v) is 8.55. The monoisotopic (exact) mass is 346 g/mol. The lowest BCUT2D eigenvalue weighted by Crippen LogP contribution is -2.48. The third-order valence-electron chi connectivity index (χ3n) is 3.51. The number of rotatable bonds is 8. The minimum atomic E-state index is -1.10. The third-order valence-corrected chi connectivity index (χ3v) is 3.51. The average molecular weight is 346 g/mol. The number of hydrogen-bond donors (Lipinski definition) is 2. The van der Waals surface area contributed by atoms with Crippen LogP contribution in [0, 0.1) is 10.8 Å². The van der Waals surface area contributed by atoms with Crippen LogP contribution >= 0.6 is 0 Å². The first-order chi connectivity index (χ1) is 10.8. The summed E-state index contributed by atoms with van der Waals surface area (Å²) in [5, 5.41) is 20.0. The second kappa shape index (κ2) is 9.37. The fourth-order valence-electron chi connectivity index (χ4n) is 1.80. The van der Waals surface area contributed by atoms with Crippen LogP contribution in [0.5, 0.6) is 0 Å². The summed E-state index contributed by atoms with van der Waals surface area (Å²) in [7, 11) is 0. The van der Waals surface area contributed by atoms with Gasteiger partial charge in [-0.05, 0) is 48.0 Å². The Bertz CT molecular complexity index is 405. The van der Waals surface area contributed by atoms with Gasteiger partial charge in [0.15, 0.2) is 12.2 Å². The van der Waals surface area contributed by atoms with E-state index < -0.39 is 47.7 Å². The molecule has 0 rings (SSSR count). The maximum absolute atomic E-state index is 12.2. The van der Waals surface area contributed by atoms with E-state index in [4.69, 9.17) is 9.47 Å². The molecular formula is C18H34O6. The Hall–Kier alpha value is -1.14. The molecule has 0 amide bonds. The smallest absolute Gasteiger partial charge is 0.311 e. The van der Waals surface area contributed by atoms with E-state index in [1.165, 1.54) is 0 Å². The van der Waals surface area contributed by atoms with Gasteiger partial charge < -0.3 is 19.7 Å². The molecule has 0 bridgehead atoms. The van der Waals surface area contributed by atoms with Gasteiger partial charge in [0.05, 0.1) is 23.5 Å². The van der Waals surface area contributed by atoms with Crippen LogP contribution < -0.4 is 0 Å². The van der Waals surface area contributed by atoms with E-state index in [-0.39, 0.29) is 0 Å². The van der Waals surface area contributed by atoms with E-state index >= 15 is 0 Å². The second-order valence-corrected chi connectivity index (χ2v) is 8.21. The van der Waals surface area contributed by atoms with Crippen LogP contribution in [0.1, 0.15) is 67.7 Å². The summed E-state index contributed by atoms with van der Waals surface area (Å²) in [6, 6.07) is 0. The molecule has 0 saturated heterocycles. The highest BCUT2D eigenvalue weighted by Crippen LogP contribution is 2.23. The maximum atomic E-state index is 12.2. The van der Waals surface area contributed by atoms with Crippen molar-refractivity contribution < 1.29 is 29.3 Å². The van der Waals surface area contributed by atoms with Gasteiger partial charge in [-0.15, -0.1) is 0 Å². The Kier molecular flexibility index (Phi) is 8.93. The van der Waals surface area contributed by atoms with Gasteiger partial charge in [-0.2, -0.15) is 0 Å². The summed E-state index contributed by atoms with van der Waals surface area (Å²) < 4.78 is 10.7. The minimum absolute atomic E-state index is 0.391. The standard InChI is InChI=1S/C18H34O6/c1-8-9-10-12(20)14(24-16(22)18(5,6)7)13(11-19)23-15(21)17(2,3)4/h12-14,19-20H,8-11H2,1-7H3/t12-,13+,14+/m1/s1. The number of carbonyl (C=O) groups excluding carboxylic acids is 2. The zero-order valence-corrected chi connectivity index (χ0v) is 16.1. The van der Waals surface area contributed by atoms with Crippen LogP contribution in [0.2, 0.25) is 0 Å². The van der Waals surface area contributed by atoms with E-state index in [0.717, 1.165) is 12.8 Å². The summed E-state index contributed by atoms with van der Waals surface area (Å²) in [4.78, 5) is 24.3. The summed E-state index contributed by atoms with van der Waals surface area (Å²) >= 11 is 0. The SMILES string of the molecule is CCCC[C@@H](O)[C@H](OC(=O)C(C)(C)C)[C@H](CO)OC(=O)C(C)(C)C. The van der Waals surface area contributed by atoms with Crippen LogP contribution in [-0.4, -0.2) is 47.1 Å². The van der Waals surface area contributed by atoms with Crippen LogP contribution in [0.15, 0.2) is 0 Å². The number of aliphatic hydroxyl groups excluding tert-OH is 2. The van der Waals surface area contributed by atoms with Gasteiger partial charge in [-0.1, -0.05) is 19.8 Å². The molecule has 0 saturated carbocycles. The van der Waals surface area contributed by atoms with Crippen LogP contribution in [-0.2, 0) is 19.1 Å². The van der Waals surface area contributed by atoms with E-state index in [9.17, 15) is 19.8 Å². The largest absolute Gasteiger partial charge is 0.455 e. The first kappa shape index (κ1) is 22.9. The zero-order chi connectivity index (χ0) is 19.1.